The highest BCUT2D eigenvalue weighted by atomic mass is 35.5. The van der Waals surface area contributed by atoms with Gasteiger partial charge in [0.05, 0.1) is 0 Å². The number of carbonyl (C=O) groups excluding carboxylic acids is 1. The van der Waals surface area contributed by atoms with E-state index in [1.807, 2.05) is 32.1 Å². The molecule has 0 saturated heterocycles. The number of carbonyl (C=O) groups is 1. The van der Waals surface area contributed by atoms with Crippen molar-refractivity contribution in [2.45, 2.75) is 38.6 Å². The largest absolute Gasteiger partial charge is 0.362 e. The maximum absolute atomic E-state index is 12.4. The summed E-state index contributed by atoms with van der Waals surface area (Å²) in [4.78, 5) is 23.4. The number of nitrogens with zero attached hydrogens (tertiary/aromatic N) is 3. The molecule has 29 heavy (non-hydrogen) atoms. The van der Waals surface area contributed by atoms with E-state index < -0.39 is 0 Å². The van der Waals surface area contributed by atoms with Crippen molar-refractivity contribution in [3.05, 3.63) is 45.6 Å². The fraction of sp³-hybridized carbons (Fsp3) is 0.476. The summed E-state index contributed by atoms with van der Waals surface area (Å²) < 4.78 is 0. The molecule has 0 radical (unpaired) electrons. The van der Waals surface area contributed by atoms with Crippen molar-refractivity contribution in [3.63, 3.8) is 0 Å². The van der Waals surface area contributed by atoms with Gasteiger partial charge in [-0.25, -0.2) is 4.98 Å². The van der Waals surface area contributed by atoms with Crippen LogP contribution in [0.4, 0.5) is 11.8 Å². The monoisotopic (exact) mass is 435 g/mol. The summed E-state index contributed by atoms with van der Waals surface area (Å²) in [5.41, 5.74) is 1.55. The highest BCUT2D eigenvalue weighted by Crippen LogP contribution is 2.26. The Labute approximate surface area is 182 Å². The predicted molar refractivity (Wildman–Crippen MR) is 119 cm³/mol. The Morgan fingerprint density at radius 2 is 1.79 bits per heavy atom. The first-order valence-corrected chi connectivity index (χ1v) is 10.6. The first-order chi connectivity index (χ1) is 13.8. The van der Waals surface area contributed by atoms with Gasteiger partial charge in [-0.15, -0.1) is 0 Å². The molecular weight excluding hydrogens is 409 g/mol. The van der Waals surface area contributed by atoms with Crippen molar-refractivity contribution in [1.29, 1.82) is 0 Å². The molecule has 3 rings (SSSR count). The second-order valence-corrected chi connectivity index (χ2v) is 8.70. The molecule has 1 aromatic heterocycles. The van der Waals surface area contributed by atoms with Crippen LogP contribution in [0.5, 0.6) is 0 Å². The SMILES string of the molecule is Cc1cnc(N[C@H]2CC[C@@H](CNC(=O)c3cc(Cl)cc(Cl)c3)CC2)nc1N(C)C. The van der Waals surface area contributed by atoms with Gasteiger partial charge in [-0.3, -0.25) is 4.79 Å². The van der Waals surface area contributed by atoms with Crippen LogP contribution in [-0.2, 0) is 0 Å². The van der Waals surface area contributed by atoms with Gasteiger partial charge in [-0.2, -0.15) is 4.98 Å². The number of benzene rings is 1. The molecule has 0 bridgehead atoms. The standard InChI is InChI=1S/C21H27Cl2N5O/c1-13-11-25-21(27-19(13)28(2)3)26-18-6-4-14(5-7-18)12-24-20(29)15-8-16(22)10-17(23)9-15/h8-11,14,18H,4-7,12H2,1-3H3,(H,24,29)(H,25,26,27)/t14-,18+. The van der Waals surface area contributed by atoms with Crippen LogP contribution in [-0.4, -0.2) is 42.6 Å². The molecule has 0 unspecified atom stereocenters. The van der Waals surface area contributed by atoms with Crippen molar-refractivity contribution >= 4 is 40.9 Å². The van der Waals surface area contributed by atoms with E-state index in [9.17, 15) is 4.79 Å². The highest BCUT2D eigenvalue weighted by Gasteiger charge is 2.22. The Hall–Kier alpha value is -2.05. The number of amides is 1. The van der Waals surface area contributed by atoms with Gasteiger partial charge in [-0.05, 0) is 56.7 Å². The molecule has 1 aliphatic rings. The minimum absolute atomic E-state index is 0.140. The van der Waals surface area contributed by atoms with Gasteiger partial charge in [0.1, 0.15) is 5.82 Å². The molecule has 1 amide bonds. The molecule has 2 N–H and O–H groups in total. The van der Waals surface area contributed by atoms with Crippen molar-refractivity contribution in [2.75, 3.05) is 30.9 Å². The zero-order valence-corrected chi connectivity index (χ0v) is 18.5. The topological polar surface area (TPSA) is 70.1 Å². The summed E-state index contributed by atoms with van der Waals surface area (Å²) in [5.74, 6) is 1.93. The van der Waals surface area contributed by atoms with E-state index in [2.05, 4.69) is 20.6 Å². The summed E-state index contributed by atoms with van der Waals surface area (Å²) in [5, 5.41) is 7.39. The van der Waals surface area contributed by atoms with E-state index in [4.69, 9.17) is 23.2 Å². The van der Waals surface area contributed by atoms with E-state index in [1.165, 1.54) is 0 Å². The minimum atomic E-state index is -0.140. The number of hydrogen-bond acceptors (Lipinski definition) is 5. The lowest BCUT2D eigenvalue weighted by Gasteiger charge is -2.29. The molecule has 8 heteroatoms. The van der Waals surface area contributed by atoms with Crippen molar-refractivity contribution < 1.29 is 4.79 Å². The lowest BCUT2D eigenvalue weighted by atomic mass is 9.86. The number of aryl methyl sites for hydroxylation is 1. The smallest absolute Gasteiger partial charge is 0.251 e. The van der Waals surface area contributed by atoms with E-state index in [-0.39, 0.29) is 5.91 Å². The van der Waals surface area contributed by atoms with Crippen molar-refractivity contribution in [2.24, 2.45) is 5.92 Å². The Balaban J connectivity index is 1.47. The number of anilines is 2. The van der Waals surface area contributed by atoms with Crippen LogP contribution in [0.2, 0.25) is 10.0 Å². The molecule has 2 aromatic rings. The lowest BCUT2D eigenvalue weighted by Crippen LogP contribution is -2.34. The molecule has 1 heterocycles. The summed E-state index contributed by atoms with van der Waals surface area (Å²) in [6, 6.07) is 5.24. The quantitative estimate of drug-likeness (QED) is 0.695. The van der Waals surface area contributed by atoms with Crippen LogP contribution in [0.25, 0.3) is 0 Å². The van der Waals surface area contributed by atoms with Crippen LogP contribution in [0, 0.1) is 12.8 Å². The Morgan fingerprint density at radius 1 is 1.14 bits per heavy atom. The van der Waals surface area contributed by atoms with E-state index >= 15 is 0 Å². The van der Waals surface area contributed by atoms with Gasteiger partial charge in [-0.1, -0.05) is 23.2 Å². The average molecular weight is 436 g/mol. The minimum Gasteiger partial charge on any atom is -0.362 e. The van der Waals surface area contributed by atoms with Gasteiger partial charge in [0.2, 0.25) is 5.95 Å². The molecule has 1 aliphatic carbocycles. The van der Waals surface area contributed by atoms with E-state index in [0.29, 0.717) is 40.1 Å². The van der Waals surface area contributed by atoms with Crippen LogP contribution in [0.15, 0.2) is 24.4 Å². The number of hydrogen-bond donors (Lipinski definition) is 2. The first kappa shape index (κ1) is 21.7. The fourth-order valence-electron chi connectivity index (χ4n) is 3.67. The van der Waals surface area contributed by atoms with E-state index in [0.717, 1.165) is 37.1 Å². The highest BCUT2D eigenvalue weighted by molar-refractivity contribution is 6.35. The molecule has 1 aromatic carbocycles. The van der Waals surface area contributed by atoms with Gasteiger partial charge in [0.15, 0.2) is 0 Å². The zero-order valence-electron chi connectivity index (χ0n) is 17.0. The number of aromatic nitrogens is 2. The Bertz CT molecular complexity index is 846. The van der Waals surface area contributed by atoms with Crippen LogP contribution in [0.1, 0.15) is 41.6 Å². The fourth-order valence-corrected chi connectivity index (χ4v) is 4.20. The average Bonchev–Trinajstić information content (AvgIpc) is 2.67. The van der Waals surface area contributed by atoms with Gasteiger partial charge in [0, 0.05) is 54.1 Å². The zero-order chi connectivity index (χ0) is 21.0. The van der Waals surface area contributed by atoms with Crippen LogP contribution in [0.3, 0.4) is 0 Å². The first-order valence-electron chi connectivity index (χ1n) is 9.83. The third kappa shape index (κ3) is 5.97. The molecule has 156 valence electrons. The van der Waals surface area contributed by atoms with E-state index in [1.54, 1.807) is 18.2 Å². The van der Waals surface area contributed by atoms with Crippen molar-refractivity contribution in [1.82, 2.24) is 15.3 Å². The molecule has 0 aliphatic heterocycles. The predicted octanol–water partition coefficient (Wildman–Crippen LogP) is 4.56. The van der Waals surface area contributed by atoms with Gasteiger partial charge < -0.3 is 15.5 Å². The van der Waals surface area contributed by atoms with Crippen LogP contribution >= 0.6 is 23.2 Å². The number of rotatable bonds is 6. The molecule has 1 saturated carbocycles. The Morgan fingerprint density at radius 3 is 2.41 bits per heavy atom. The second-order valence-electron chi connectivity index (χ2n) is 7.82. The molecule has 0 atom stereocenters. The Kier molecular flexibility index (Phi) is 7.19. The molecule has 6 nitrogen and oxygen atoms in total. The van der Waals surface area contributed by atoms with Crippen molar-refractivity contribution in [3.8, 4) is 0 Å². The summed E-state index contributed by atoms with van der Waals surface area (Å²) in [6.07, 6.45) is 5.99. The molecular formula is C21H27Cl2N5O. The summed E-state index contributed by atoms with van der Waals surface area (Å²) in [7, 11) is 3.96. The van der Waals surface area contributed by atoms with Gasteiger partial charge in [0.25, 0.3) is 5.91 Å². The second kappa shape index (κ2) is 9.63. The summed E-state index contributed by atoms with van der Waals surface area (Å²) >= 11 is 12.0. The normalized spacial score (nSPS) is 18.9. The summed E-state index contributed by atoms with van der Waals surface area (Å²) in [6.45, 7) is 2.66. The number of nitrogens with one attached hydrogen (secondary N) is 2. The van der Waals surface area contributed by atoms with Gasteiger partial charge >= 0.3 is 0 Å². The van der Waals surface area contributed by atoms with Crippen LogP contribution < -0.4 is 15.5 Å². The maximum atomic E-state index is 12.4. The molecule has 0 spiro atoms. The third-order valence-corrected chi connectivity index (χ3v) is 5.66. The molecule has 1 fully saturated rings. The number of halogens is 2. The lowest BCUT2D eigenvalue weighted by molar-refractivity contribution is 0.0943. The maximum Gasteiger partial charge on any atom is 0.251 e. The third-order valence-electron chi connectivity index (χ3n) is 5.22.